The fourth-order valence-corrected chi connectivity index (χ4v) is 30.6. The van der Waals surface area contributed by atoms with Gasteiger partial charge in [0.2, 0.25) is 0 Å². The molecule has 4 heteroatoms. The van der Waals surface area contributed by atoms with Gasteiger partial charge in [0.25, 0.3) is 0 Å². The van der Waals surface area contributed by atoms with Crippen LogP contribution in [0.3, 0.4) is 0 Å². The predicted molar refractivity (Wildman–Crippen MR) is 130 cm³/mol. The molecule has 28 heavy (non-hydrogen) atoms. The van der Waals surface area contributed by atoms with Gasteiger partial charge in [0, 0.05) is 0 Å². The summed E-state index contributed by atoms with van der Waals surface area (Å²) in [6.07, 6.45) is 4.96. The van der Waals surface area contributed by atoms with Crippen molar-refractivity contribution >= 4 is 43.8 Å². The Morgan fingerprint density at radius 3 is 1.43 bits per heavy atom. The van der Waals surface area contributed by atoms with E-state index in [0.29, 0.717) is 7.25 Å². The summed E-state index contributed by atoms with van der Waals surface area (Å²) in [5.74, 6) is 0. The molecule has 2 aliphatic rings. The molecule has 0 heterocycles. The van der Waals surface area contributed by atoms with E-state index in [1.165, 1.54) is 19.4 Å². The summed E-state index contributed by atoms with van der Waals surface area (Å²) < 4.78 is 4.12. The summed E-state index contributed by atoms with van der Waals surface area (Å²) >= 11 is -3.27. The van der Waals surface area contributed by atoms with Crippen LogP contribution >= 0.6 is 24.8 Å². The average Bonchev–Trinajstić information content (AvgIpc) is 3.17. The van der Waals surface area contributed by atoms with Crippen molar-refractivity contribution in [3.05, 3.63) is 81.9 Å². The van der Waals surface area contributed by atoms with Gasteiger partial charge in [0.15, 0.2) is 0 Å². The molecular formula is C24H32Cl2SiZr. The Morgan fingerprint density at radius 2 is 1.07 bits per heavy atom. The van der Waals surface area contributed by atoms with E-state index >= 15 is 0 Å². The molecule has 2 atom stereocenters. The number of rotatable bonds is 4. The number of halogens is 2. The van der Waals surface area contributed by atoms with Crippen LogP contribution < -0.4 is 0 Å². The van der Waals surface area contributed by atoms with E-state index in [1.54, 1.807) is 22.3 Å². The Hall–Kier alpha value is -0.400. The fourth-order valence-electron chi connectivity index (χ4n) is 6.26. The molecule has 0 aromatic heterocycles. The molecule has 0 radical (unpaired) electrons. The minimum Gasteiger partial charge on any atom is -0.147 e. The largest absolute Gasteiger partial charge is 0.147 e. The minimum atomic E-state index is -3.27. The Kier molecular flexibility index (Phi) is 7.15. The maximum atomic E-state index is 2.50. The van der Waals surface area contributed by atoms with Crippen molar-refractivity contribution in [2.45, 2.75) is 43.2 Å². The van der Waals surface area contributed by atoms with Crippen LogP contribution in [-0.2, 0) is 17.4 Å². The third-order valence-corrected chi connectivity index (χ3v) is 38.8. The minimum absolute atomic E-state index is 0. The molecule has 2 aliphatic carbocycles. The van der Waals surface area contributed by atoms with Crippen LogP contribution in [0, 0.1) is 0 Å². The first-order valence-corrected chi connectivity index (χ1v) is 22.3. The molecule has 4 rings (SSSR count). The van der Waals surface area contributed by atoms with E-state index in [1.807, 2.05) is 0 Å². The average molecular weight is 511 g/mol. The summed E-state index contributed by atoms with van der Waals surface area (Å²) in [5, 5.41) is 0. The first-order chi connectivity index (χ1) is 12.4. The maximum absolute atomic E-state index is 3.27. The van der Waals surface area contributed by atoms with Crippen molar-refractivity contribution < 1.29 is 17.4 Å². The third-order valence-electron chi connectivity index (χ3n) is 7.67. The zero-order valence-electron chi connectivity index (χ0n) is 17.4. The molecule has 150 valence electrons. The standard InChI is InChI=1S/2C10H9.2C2H5.2ClH.H2Si.Zr/c2*1-8-6-9-4-2-3-5-10(9)7-8;2*1-2;;;;/h2*2-7H,1H3;2*1H2,2H3;2*1H;1H2;. The molecule has 0 saturated carbocycles. The number of benzene rings is 2. The monoisotopic (exact) mass is 508 g/mol. The van der Waals surface area contributed by atoms with Crippen LogP contribution in [0.5, 0.6) is 0 Å². The van der Waals surface area contributed by atoms with E-state index in [2.05, 4.69) is 95.3 Å². The second kappa shape index (κ2) is 8.38. The van der Waals surface area contributed by atoms with Crippen molar-refractivity contribution in [3.8, 4) is 0 Å². The predicted octanol–water partition coefficient (Wildman–Crippen LogP) is 7.26. The van der Waals surface area contributed by atoms with Gasteiger partial charge in [0.05, 0.1) is 0 Å². The second-order valence-electron chi connectivity index (χ2n) is 8.75. The van der Waals surface area contributed by atoms with Crippen molar-refractivity contribution in [1.82, 2.24) is 0 Å². The van der Waals surface area contributed by atoms with E-state index in [-0.39, 0.29) is 24.8 Å². The molecule has 0 aliphatic heterocycles. The first-order valence-electron chi connectivity index (χ1n) is 10.0. The normalized spacial score (nSPS) is 20.3. The van der Waals surface area contributed by atoms with Crippen molar-refractivity contribution in [2.24, 2.45) is 0 Å². The van der Waals surface area contributed by atoms with E-state index in [9.17, 15) is 0 Å². The van der Waals surface area contributed by atoms with Crippen molar-refractivity contribution in [1.29, 1.82) is 0 Å². The summed E-state index contributed by atoms with van der Waals surface area (Å²) in [6.45, 7) is 12.3. The Bertz CT molecular complexity index is 937. The van der Waals surface area contributed by atoms with Gasteiger partial charge in [0.1, 0.15) is 0 Å². The quantitative estimate of drug-likeness (QED) is 0.380. The van der Waals surface area contributed by atoms with E-state index < -0.39 is 17.4 Å². The van der Waals surface area contributed by atoms with Gasteiger partial charge < -0.3 is 0 Å². The van der Waals surface area contributed by atoms with Gasteiger partial charge in [-0.3, -0.25) is 0 Å². The molecule has 0 nitrogen and oxygen atoms in total. The first kappa shape index (κ1) is 23.9. The molecule has 0 bridgehead atoms. The fraction of sp³-hybridized carbons (Fsp3) is 0.333. The summed E-state index contributed by atoms with van der Waals surface area (Å²) in [7, 11) is 0. The van der Waals surface area contributed by atoms with Gasteiger partial charge in [-0.25, -0.2) is 0 Å². The number of allylic oxidation sites excluding steroid dienone is 2. The smallest absolute Gasteiger partial charge is 0.147 e. The van der Waals surface area contributed by atoms with Crippen LogP contribution in [0.4, 0.5) is 0 Å². The summed E-state index contributed by atoms with van der Waals surface area (Å²) in [5.41, 5.74) is 9.41. The van der Waals surface area contributed by atoms with Gasteiger partial charge in [-0.15, -0.1) is 24.8 Å². The maximum Gasteiger partial charge on any atom is -0.147 e. The van der Waals surface area contributed by atoms with Gasteiger partial charge in [-0.05, 0) is 0 Å². The van der Waals surface area contributed by atoms with Crippen molar-refractivity contribution in [3.63, 3.8) is 0 Å². The molecule has 0 N–H and O–H groups in total. The van der Waals surface area contributed by atoms with Gasteiger partial charge in [-0.2, -0.15) is 0 Å². The number of hydrogen-bond donors (Lipinski definition) is 0. The SMILES string of the molecule is C[CH2][Zr](=[SiH2])([CH2]C)([CH]1C(C)=Cc2ccccc21)[CH]1C(C)=Cc2ccccc21.Cl.Cl. The molecule has 0 fully saturated rings. The zero-order chi connectivity index (χ0) is 18.6. The van der Waals surface area contributed by atoms with Crippen LogP contribution in [0.1, 0.15) is 57.2 Å². The van der Waals surface area contributed by atoms with Gasteiger partial charge >= 0.3 is 162 Å². The summed E-state index contributed by atoms with van der Waals surface area (Å²) in [6, 6.07) is 18.4. The summed E-state index contributed by atoms with van der Waals surface area (Å²) in [4.78, 5) is 0. The van der Waals surface area contributed by atoms with Crippen LogP contribution in [-0.4, -0.2) is 6.88 Å². The zero-order valence-corrected chi connectivity index (χ0v) is 22.9. The molecule has 0 saturated heterocycles. The third kappa shape index (κ3) is 3.20. The Labute approximate surface area is 185 Å². The second-order valence-corrected chi connectivity index (χ2v) is 36.3. The topological polar surface area (TPSA) is 0 Å². The molecule has 2 aromatic carbocycles. The van der Waals surface area contributed by atoms with Crippen LogP contribution in [0.2, 0.25) is 8.26 Å². The van der Waals surface area contributed by atoms with Crippen molar-refractivity contribution in [2.75, 3.05) is 0 Å². The van der Waals surface area contributed by atoms with Crippen LogP contribution in [0.25, 0.3) is 12.2 Å². The number of fused-ring (bicyclic) bond motifs is 2. The van der Waals surface area contributed by atoms with E-state index in [0.717, 1.165) is 0 Å². The molecule has 0 spiro atoms. The Morgan fingerprint density at radius 1 is 0.714 bits per heavy atom. The van der Waals surface area contributed by atoms with Gasteiger partial charge in [-0.1, -0.05) is 0 Å². The molecular weight excluding hydrogens is 478 g/mol. The molecule has 0 amide bonds. The Balaban J connectivity index is 0.00000140. The van der Waals surface area contributed by atoms with E-state index in [4.69, 9.17) is 0 Å². The van der Waals surface area contributed by atoms with Crippen LogP contribution in [0.15, 0.2) is 59.7 Å². The number of hydrogen-bond acceptors (Lipinski definition) is 0. The molecule has 2 unspecified atom stereocenters. The molecule has 2 aromatic rings.